The van der Waals surface area contributed by atoms with Crippen molar-refractivity contribution in [3.05, 3.63) is 29.3 Å². The van der Waals surface area contributed by atoms with Gasteiger partial charge in [0.25, 0.3) is 0 Å². The number of rotatable bonds is 3. The number of ether oxygens (including phenoxy) is 1. The average Bonchev–Trinajstić information content (AvgIpc) is 2.70. The van der Waals surface area contributed by atoms with Crippen LogP contribution in [0.3, 0.4) is 0 Å². The Balaban J connectivity index is 1.89. The fourth-order valence-electron chi connectivity index (χ4n) is 3.74. The van der Waals surface area contributed by atoms with E-state index in [2.05, 4.69) is 0 Å². The summed E-state index contributed by atoms with van der Waals surface area (Å²) in [6, 6.07) is 3.23. The molecule has 0 saturated carbocycles. The Morgan fingerprint density at radius 2 is 1.75 bits per heavy atom. The van der Waals surface area contributed by atoms with Crippen LogP contribution in [0.5, 0.6) is 5.75 Å². The van der Waals surface area contributed by atoms with E-state index in [1.54, 1.807) is 0 Å². The molecule has 0 N–H and O–H groups in total. The number of benzene rings is 1. The molecule has 2 aliphatic rings. The van der Waals surface area contributed by atoms with Crippen LogP contribution >= 0.6 is 0 Å². The van der Waals surface area contributed by atoms with Crippen LogP contribution in [-0.2, 0) is 16.0 Å². The monoisotopic (exact) mass is 362 g/mol. The van der Waals surface area contributed by atoms with Crippen molar-refractivity contribution in [1.82, 2.24) is 0 Å². The molecule has 8 heteroatoms. The largest absolute Gasteiger partial charge is 0.496 e. The predicted molar refractivity (Wildman–Crippen MR) is 80.8 cm³/mol. The molecule has 2 heterocycles. The maximum atomic E-state index is 13.1. The van der Waals surface area contributed by atoms with Gasteiger partial charge in [-0.2, -0.15) is 13.2 Å². The second-order valence-corrected chi connectivity index (χ2v) is 8.87. The number of carbonyl (C=O) groups excluding carboxylic acids is 1. The van der Waals surface area contributed by atoms with Gasteiger partial charge in [0.15, 0.2) is 15.6 Å². The van der Waals surface area contributed by atoms with Crippen LogP contribution in [0.1, 0.15) is 41.6 Å². The number of hydrogen-bond donors (Lipinski definition) is 0. The summed E-state index contributed by atoms with van der Waals surface area (Å²) in [5.74, 6) is -1.30. The van der Waals surface area contributed by atoms with E-state index in [1.165, 1.54) is 6.07 Å². The summed E-state index contributed by atoms with van der Waals surface area (Å²) in [6.45, 7) is 0. The number of methoxy groups -OCH3 is 1. The Bertz CT molecular complexity index is 750. The highest BCUT2D eigenvalue weighted by Gasteiger charge is 2.48. The Morgan fingerprint density at radius 3 is 2.25 bits per heavy atom. The van der Waals surface area contributed by atoms with E-state index in [0.717, 1.165) is 19.2 Å². The molecule has 2 atom stereocenters. The van der Waals surface area contributed by atoms with Crippen molar-refractivity contribution in [2.45, 2.75) is 42.4 Å². The topological polar surface area (TPSA) is 60.4 Å². The van der Waals surface area contributed by atoms with Crippen molar-refractivity contribution in [2.75, 3.05) is 7.11 Å². The molecule has 2 saturated heterocycles. The van der Waals surface area contributed by atoms with Gasteiger partial charge >= 0.3 is 6.18 Å². The van der Waals surface area contributed by atoms with E-state index in [4.69, 9.17) is 4.74 Å². The first kappa shape index (κ1) is 17.3. The minimum Gasteiger partial charge on any atom is -0.496 e. The van der Waals surface area contributed by atoms with Crippen LogP contribution in [0.4, 0.5) is 13.2 Å². The normalized spacial score (nSPS) is 28.6. The molecular formula is C16H17F3O4S. The van der Waals surface area contributed by atoms with Crippen LogP contribution in [0, 0.1) is 5.92 Å². The molecule has 4 nitrogen and oxygen atoms in total. The number of Topliss-reactive ketones (excluding diaryl/α,β-unsaturated/α-hetero) is 1. The molecule has 132 valence electrons. The van der Waals surface area contributed by atoms with Crippen LogP contribution in [0.25, 0.3) is 0 Å². The van der Waals surface area contributed by atoms with Crippen molar-refractivity contribution in [1.29, 1.82) is 0 Å². The highest BCUT2D eigenvalue weighted by molar-refractivity contribution is 7.93. The zero-order chi connectivity index (χ0) is 17.7. The van der Waals surface area contributed by atoms with E-state index in [1.807, 2.05) is 0 Å². The van der Waals surface area contributed by atoms with Crippen molar-refractivity contribution in [2.24, 2.45) is 5.92 Å². The maximum absolute atomic E-state index is 13.1. The zero-order valence-corrected chi connectivity index (χ0v) is 13.8. The third kappa shape index (κ3) is 2.81. The number of halogens is 3. The molecule has 3 rings (SSSR count). The summed E-state index contributed by atoms with van der Waals surface area (Å²) < 4.78 is 68.1. The lowest BCUT2D eigenvalue weighted by molar-refractivity contribution is -0.138. The predicted octanol–water partition coefficient (Wildman–Crippen LogP) is 3.25. The zero-order valence-electron chi connectivity index (χ0n) is 13.0. The molecule has 2 fully saturated rings. The van der Waals surface area contributed by atoms with Gasteiger partial charge < -0.3 is 4.74 Å². The summed E-state index contributed by atoms with van der Waals surface area (Å²) in [4.78, 5) is 12.6. The van der Waals surface area contributed by atoms with Gasteiger partial charge in [0.2, 0.25) is 0 Å². The van der Waals surface area contributed by atoms with Crippen LogP contribution in [0.2, 0.25) is 0 Å². The van der Waals surface area contributed by atoms with E-state index in [-0.39, 0.29) is 24.2 Å². The summed E-state index contributed by atoms with van der Waals surface area (Å²) >= 11 is 0. The van der Waals surface area contributed by atoms with Crippen LogP contribution in [0.15, 0.2) is 18.2 Å². The molecular weight excluding hydrogens is 345 g/mol. The molecule has 0 aromatic heterocycles. The molecule has 0 radical (unpaired) electrons. The Morgan fingerprint density at radius 1 is 1.17 bits per heavy atom. The number of hydrogen-bond acceptors (Lipinski definition) is 4. The molecule has 0 amide bonds. The Labute approximate surface area is 137 Å². The van der Waals surface area contributed by atoms with Crippen molar-refractivity contribution in [3.8, 4) is 5.75 Å². The van der Waals surface area contributed by atoms with Gasteiger partial charge in [0.1, 0.15) is 5.75 Å². The lowest BCUT2D eigenvalue weighted by Gasteiger charge is -2.27. The van der Waals surface area contributed by atoms with Crippen molar-refractivity contribution >= 4 is 15.6 Å². The van der Waals surface area contributed by atoms with Gasteiger partial charge in [-0.05, 0) is 43.9 Å². The second-order valence-electron chi connectivity index (χ2n) is 6.36. The molecule has 1 aromatic rings. The summed E-state index contributed by atoms with van der Waals surface area (Å²) in [7, 11) is -2.04. The van der Waals surface area contributed by atoms with E-state index >= 15 is 0 Å². The number of alkyl halides is 3. The van der Waals surface area contributed by atoms with Gasteiger partial charge in [-0.25, -0.2) is 8.42 Å². The fourth-order valence-corrected chi connectivity index (χ4v) is 6.21. The van der Waals surface area contributed by atoms with Crippen LogP contribution < -0.4 is 4.74 Å². The summed E-state index contributed by atoms with van der Waals surface area (Å²) in [5.41, 5.74) is -1.05. The van der Waals surface area contributed by atoms with Gasteiger partial charge in [0.05, 0.1) is 23.2 Å². The molecule has 2 bridgehead atoms. The molecule has 0 aliphatic carbocycles. The molecule has 2 unspecified atom stereocenters. The number of carbonyl (C=O) groups is 1. The summed E-state index contributed by atoms with van der Waals surface area (Å²) in [5, 5.41) is -1.07. The molecule has 0 spiro atoms. The number of ketones is 1. The highest BCUT2D eigenvalue weighted by Crippen LogP contribution is 2.43. The first-order valence-electron chi connectivity index (χ1n) is 7.66. The van der Waals surface area contributed by atoms with Crippen molar-refractivity contribution in [3.63, 3.8) is 0 Å². The highest BCUT2D eigenvalue weighted by atomic mass is 32.2. The maximum Gasteiger partial charge on any atom is 0.419 e. The first-order chi connectivity index (χ1) is 11.1. The smallest absolute Gasteiger partial charge is 0.419 e. The third-order valence-electron chi connectivity index (χ3n) is 4.99. The number of fused-ring (bicyclic) bond motifs is 2. The van der Waals surface area contributed by atoms with E-state index in [9.17, 15) is 26.4 Å². The molecule has 24 heavy (non-hydrogen) atoms. The van der Waals surface area contributed by atoms with E-state index in [0.29, 0.717) is 12.8 Å². The minimum atomic E-state index is -4.63. The van der Waals surface area contributed by atoms with Gasteiger partial charge in [0, 0.05) is 11.5 Å². The quantitative estimate of drug-likeness (QED) is 0.775. The minimum absolute atomic E-state index is 0.0492. The van der Waals surface area contributed by atoms with Gasteiger partial charge in [-0.3, -0.25) is 4.79 Å². The standard InChI is InChI=1S/C16H17F3O4S/c1-23-14-5-2-9(8-13(14)16(17,18)19)15(20)10-6-11-3-4-12(7-10)24(11,21)22/h2,5,8,10-12H,3-4,6-7H2,1H3. The fraction of sp³-hybridized carbons (Fsp3) is 0.562. The Hall–Kier alpha value is -1.57. The van der Waals surface area contributed by atoms with Crippen LogP contribution in [-0.4, -0.2) is 31.8 Å². The lowest BCUT2D eigenvalue weighted by atomic mass is 9.89. The molecule has 2 aliphatic heterocycles. The van der Waals surface area contributed by atoms with E-state index < -0.39 is 43.8 Å². The average molecular weight is 362 g/mol. The molecule has 1 aromatic carbocycles. The Kier molecular flexibility index (Phi) is 4.14. The lowest BCUT2D eigenvalue weighted by Crippen LogP contribution is -2.36. The van der Waals surface area contributed by atoms with Gasteiger partial charge in [-0.1, -0.05) is 0 Å². The summed E-state index contributed by atoms with van der Waals surface area (Å²) in [6.07, 6.45) is -3.16. The first-order valence-corrected chi connectivity index (χ1v) is 9.27. The number of sulfone groups is 1. The third-order valence-corrected chi connectivity index (χ3v) is 7.71. The van der Waals surface area contributed by atoms with Gasteiger partial charge in [-0.15, -0.1) is 0 Å². The van der Waals surface area contributed by atoms with Crippen molar-refractivity contribution < 1.29 is 31.1 Å². The second kappa shape index (κ2) is 5.75. The SMILES string of the molecule is COc1ccc(C(=O)C2CC3CCC(C2)S3(=O)=O)cc1C(F)(F)F.